The van der Waals surface area contributed by atoms with Crippen molar-refractivity contribution in [1.82, 2.24) is 0 Å². The zero-order chi connectivity index (χ0) is 20.3. The van der Waals surface area contributed by atoms with Gasteiger partial charge in [0.25, 0.3) is 11.6 Å². The minimum Gasteiger partial charge on any atom is -0.507 e. The Labute approximate surface area is 174 Å². The molecule has 0 aromatic heterocycles. The molecule has 0 saturated carbocycles. The van der Waals surface area contributed by atoms with E-state index in [1.54, 1.807) is 6.07 Å². The third-order valence-electron chi connectivity index (χ3n) is 4.04. The number of hydrogen-bond donors (Lipinski definition) is 2. The van der Waals surface area contributed by atoms with E-state index in [0.717, 1.165) is 5.56 Å². The first-order valence-corrected chi connectivity index (χ1v) is 9.33. The van der Waals surface area contributed by atoms with Gasteiger partial charge in [-0.2, -0.15) is 0 Å². The predicted molar refractivity (Wildman–Crippen MR) is 111 cm³/mol. The highest BCUT2D eigenvalue weighted by molar-refractivity contribution is 9.10. The van der Waals surface area contributed by atoms with Gasteiger partial charge in [0.2, 0.25) is 0 Å². The highest BCUT2D eigenvalue weighted by atomic mass is 79.9. The van der Waals surface area contributed by atoms with E-state index in [2.05, 4.69) is 21.2 Å². The molecular weight excluding hydrogens is 448 g/mol. The number of nitrogens with zero attached hydrogens (tertiary/aromatic N) is 1. The zero-order valence-electron chi connectivity index (χ0n) is 14.4. The van der Waals surface area contributed by atoms with Crippen LogP contribution in [0.4, 0.5) is 11.4 Å². The van der Waals surface area contributed by atoms with Gasteiger partial charge >= 0.3 is 0 Å². The Morgan fingerprint density at radius 2 is 1.86 bits per heavy atom. The number of rotatable bonds is 5. The highest BCUT2D eigenvalue weighted by Crippen LogP contribution is 2.31. The molecule has 0 aliphatic heterocycles. The molecule has 1 amide bonds. The fourth-order valence-corrected chi connectivity index (χ4v) is 3.40. The normalized spacial score (nSPS) is 10.5. The molecule has 3 aromatic carbocycles. The largest absolute Gasteiger partial charge is 0.507 e. The number of hydrogen-bond acceptors (Lipinski definition) is 4. The van der Waals surface area contributed by atoms with Crippen LogP contribution in [0, 0.1) is 10.1 Å². The molecule has 0 heterocycles. The van der Waals surface area contributed by atoms with Gasteiger partial charge in [0.15, 0.2) is 0 Å². The van der Waals surface area contributed by atoms with Gasteiger partial charge in [-0.15, -0.1) is 0 Å². The summed E-state index contributed by atoms with van der Waals surface area (Å²) in [6.07, 6.45) is 0.443. The van der Waals surface area contributed by atoms with Crippen LogP contribution >= 0.6 is 27.5 Å². The number of amides is 1. The number of halogens is 2. The second-order valence-electron chi connectivity index (χ2n) is 6.00. The minimum atomic E-state index is -0.632. The number of nitrogens with one attached hydrogen (secondary N) is 1. The van der Waals surface area contributed by atoms with Crippen LogP contribution in [0.2, 0.25) is 5.02 Å². The number of carbonyl (C=O) groups excluding carboxylic acids is 1. The van der Waals surface area contributed by atoms with Crippen LogP contribution in [0.15, 0.2) is 65.1 Å². The first-order chi connectivity index (χ1) is 13.3. The van der Waals surface area contributed by atoms with Crippen molar-refractivity contribution in [2.75, 3.05) is 5.32 Å². The van der Waals surface area contributed by atoms with Gasteiger partial charge in [0, 0.05) is 28.2 Å². The molecule has 0 aliphatic carbocycles. The number of nitro groups is 1. The Balaban J connectivity index is 1.90. The average Bonchev–Trinajstić information content (AvgIpc) is 2.66. The summed E-state index contributed by atoms with van der Waals surface area (Å²) in [6.45, 7) is 0. The number of phenols is 1. The van der Waals surface area contributed by atoms with Crippen LogP contribution in [0.1, 0.15) is 21.5 Å². The third kappa shape index (κ3) is 4.49. The van der Waals surface area contributed by atoms with Crippen molar-refractivity contribution in [1.29, 1.82) is 0 Å². The van der Waals surface area contributed by atoms with Crippen LogP contribution in [-0.2, 0) is 6.42 Å². The number of carbonyl (C=O) groups is 1. The summed E-state index contributed by atoms with van der Waals surface area (Å²) in [5, 5.41) is 24.1. The molecule has 3 aromatic rings. The molecule has 0 aliphatic rings. The quantitative estimate of drug-likeness (QED) is 0.384. The van der Waals surface area contributed by atoms with Crippen molar-refractivity contribution < 1.29 is 14.8 Å². The lowest BCUT2D eigenvalue weighted by atomic mass is 10.0. The zero-order valence-corrected chi connectivity index (χ0v) is 16.7. The molecule has 0 fully saturated rings. The molecule has 3 rings (SSSR count). The predicted octanol–water partition coefficient (Wildman–Crippen LogP) is 5.56. The van der Waals surface area contributed by atoms with Gasteiger partial charge in [-0.1, -0.05) is 57.9 Å². The molecule has 0 spiro atoms. The van der Waals surface area contributed by atoms with Gasteiger partial charge in [-0.25, -0.2) is 0 Å². The number of nitro benzene ring substituents is 1. The molecule has 8 heteroatoms. The van der Waals surface area contributed by atoms with Crippen molar-refractivity contribution in [3.8, 4) is 5.75 Å². The number of benzene rings is 3. The van der Waals surface area contributed by atoms with Crippen molar-refractivity contribution >= 4 is 44.8 Å². The molecule has 2 N–H and O–H groups in total. The van der Waals surface area contributed by atoms with E-state index >= 15 is 0 Å². The van der Waals surface area contributed by atoms with Crippen molar-refractivity contribution in [2.45, 2.75) is 6.42 Å². The Kier molecular flexibility index (Phi) is 5.96. The monoisotopic (exact) mass is 460 g/mol. The summed E-state index contributed by atoms with van der Waals surface area (Å²) in [5.41, 5.74) is 1.49. The third-order valence-corrected chi connectivity index (χ3v) is 4.81. The standard InChI is InChI=1S/C20H14BrClN2O4/c21-14-9-13(8-12-4-2-1-3-5-12)19(25)16(10-14)20(26)23-15-6-7-17(22)18(11-15)24(27)28/h1-7,9-11,25H,8H2,(H,23,26). The SMILES string of the molecule is O=C(Nc1ccc(Cl)c([N+](=O)[O-])c1)c1cc(Br)cc(Cc2ccccc2)c1O. The van der Waals surface area contributed by atoms with Gasteiger partial charge < -0.3 is 10.4 Å². The van der Waals surface area contributed by atoms with Crippen LogP contribution < -0.4 is 5.32 Å². The number of aromatic hydroxyl groups is 1. The summed E-state index contributed by atoms with van der Waals surface area (Å²) in [4.78, 5) is 23.0. The molecular formula is C20H14BrClN2O4. The summed E-state index contributed by atoms with van der Waals surface area (Å²) < 4.78 is 0.628. The Bertz CT molecular complexity index is 1060. The maximum Gasteiger partial charge on any atom is 0.289 e. The molecule has 0 saturated heterocycles. The highest BCUT2D eigenvalue weighted by Gasteiger charge is 2.19. The topological polar surface area (TPSA) is 92.5 Å². The van der Waals surface area contributed by atoms with Crippen molar-refractivity contribution in [3.63, 3.8) is 0 Å². The second kappa shape index (κ2) is 8.41. The van der Waals surface area contributed by atoms with Crippen LogP contribution in [0.5, 0.6) is 5.75 Å². The van der Waals surface area contributed by atoms with Gasteiger partial charge in [-0.05, 0) is 29.8 Å². The number of anilines is 1. The molecule has 0 unspecified atom stereocenters. The van der Waals surface area contributed by atoms with E-state index in [1.807, 2.05) is 30.3 Å². The molecule has 28 heavy (non-hydrogen) atoms. The van der Waals surface area contributed by atoms with E-state index < -0.39 is 10.8 Å². The van der Waals surface area contributed by atoms with Gasteiger partial charge in [0.05, 0.1) is 10.5 Å². The fourth-order valence-electron chi connectivity index (χ4n) is 2.71. The van der Waals surface area contributed by atoms with Crippen LogP contribution in [-0.4, -0.2) is 15.9 Å². The summed E-state index contributed by atoms with van der Waals surface area (Å²) >= 11 is 9.14. The van der Waals surface area contributed by atoms with E-state index in [4.69, 9.17) is 11.6 Å². The summed E-state index contributed by atoms with van der Waals surface area (Å²) in [5.74, 6) is -0.738. The minimum absolute atomic E-state index is 0.0292. The number of phenolic OH excluding ortho intramolecular Hbond substituents is 1. The maximum absolute atomic E-state index is 12.7. The van der Waals surface area contributed by atoms with E-state index in [0.29, 0.717) is 16.5 Å². The average molecular weight is 462 g/mol. The fraction of sp³-hybridized carbons (Fsp3) is 0.0500. The molecule has 142 valence electrons. The van der Waals surface area contributed by atoms with Gasteiger partial charge in [-0.3, -0.25) is 14.9 Å². The van der Waals surface area contributed by atoms with Crippen LogP contribution in [0.25, 0.3) is 0 Å². The van der Waals surface area contributed by atoms with E-state index in [9.17, 15) is 20.0 Å². The molecule has 0 bridgehead atoms. The van der Waals surface area contributed by atoms with E-state index in [1.165, 1.54) is 24.3 Å². The second-order valence-corrected chi connectivity index (χ2v) is 7.32. The van der Waals surface area contributed by atoms with Gasteiger partial charge in [0.1, 0.15) is 10.8 Å². The first kappa shape index (κ1) is 19.9. The lowest BCUT2D eigenvalue weighted by molar-refractivity contribution is -0.384. The van der Waals surface area contributed by atoms with E-state index in [-0.39, 0.29) is 27.7 Å². The van der Waals surface area contributed by atoms with Crippen molar-refractivity contribution in [3.05, 3.63) is 97.0 Å². The molecule has 0 atom stereocenters. The summed E-state index contributed by atoms with van der Waals surface area (Å²) in [6, 6.07) is 16.7. The lowest BCUT2D eigenvalue weighted by Crippen LogP contribution is -2.13. The first-order valence-electron chi connectivity index (χ1n) is 8.15. The Morgan fingerprint density at radius 3 is 2.54 bits per heavy atom. The van der Waals surface area contributed by atoms with Crippen LogP contribution in [0.3, 0.4) is 0 Å². The summed E-state index contributed by atoms with van der Waals surface area (Å²) in [7, 11) is 0. The lowest BCUT2D eigenvalue weighted by Gasteiger charge is -2.12. The molecule has 0 radical (unpaired) electrons. The smallest absolute Gasteiger partial charge is 0.289 e. The Morgan fingerprint density at radius 1 is 1.14 bits per heavy atom. The maximum atomic E-state index is 12.7. The van der Waals surface area contributed by atoms with Crippen molar-refractivity contribution in [2.24, 2.45) is 0 Å². The Hall–Kier alpha value is -2.90. The molecule has 6 nitrogen and oxygen atoms in total.